The van der Waals surface area contributed by atoms with Gasteiger partial charge in [-0.3, -0.25) is 19.2 Å². The van der Waals surface area contributed by atoms with Crippen LogP contribution in [0.4, 0.5) is 17.6 Å². The molecule has 0 radical (unpaired) electrons. The van der Waals surface area contributed by atoms with Crippen LogP contribution in [0.15, 0.2) is 22.7 Å². The molecule has 1 aromatic carbocycles. The molecule has 2 aliphatic heterocycles. The average molecular weight is 617 g/mol. The van der Waals surface area contributed by atoms with Crippen molar-refractivity contribution in [2.75, 3.05) is 32.7 Å². The molecule has 4 rings (SSSR count). The number of likely N-dealkylation sites (tertiary alicyclic amines) is 2. The van der Waals surface area contributed by atoms with Crippen LogP contribution in [0, 0.1) is 5.82 Å². The summed E-state index contributed by atoms with van der Waals surface area (Å²) in [7, 11) is 0. The van der Waals surface area contributed by atoms with Crippen LogP contribution >= 0.6 is 0 Å². The standard InChI is InChI=1S/C24H31FN6O5.C2HF3O2/c1-14(28-21(33)13-27-20(32)12-26)23(34)31-8-2-3-18(31)24(35)30-9-6-15(7-10-30)22-17-5-4-16(25)11-19(17)36-29-22;3-2(4,5)1(6)7/h4-5,11,14-15,18H,2-3,6-10,12-13,26H2,1H3,(H,27,32)(H,28,33);(H,6,7)/t14-,18-;/m0./s1. The Kier molecular flexibility index (Phi) is 11.0. The van der Waals surface area contributed by atoms with Crippen LogP contribution < -0.4 is 16.4 Å². The van der Waals surface area contributed by atoms with Crippen molar-refractivity contribution in [1.82, 2.24) is 25.6 Å². The third kappa shape index (κ3) is 8.62. The molecule has 0 spiro atoms. The minimum atomic E-state index is -5.08. The molecule has 0 unspecified atom stereocenters. The molecule has 5 N–H and O–H groups in total. The van der Waals surface area contributed by atoms with Gasteiger partial charge in [0.05, 0.1) is 18.8 Å². The van der Waals surface area contributed by atoms with E-state index in [1.165, 1.54) is 17.0 Å². The van der Waals surface area contributed by atoms with Crippen LogP contribution in [0.25, 0.3) is 11.0 Å². The number of benzene rings is 1. The zero-order valence-corrected chi connectivity index (χ0v) is 23.2. The van der Waals surface area contributed by atoms with Crippen LogP contribution in [0.3, 0.4) is 0 Å². The molecule has 4 amide bonds. The fraction of sp³-hybridized carbons (Fsp3) is 0.538. The van der Waals surface area contributed by atoms with Crippen molar-refractivity contribution in [3.05, 3.63) is 29.7 Å². The highest BCUT2D eigenvalue weighted by atomic mass is 19.4. The molecule has 236 valence electrons. The summed E-state index contributed by atoms with van der Waals surface area (Å²) in [6, 6.07) is 2.96. The summed E-state index contributed by atoms with van der Waals surface area (Å²) in [5, 5.41) is 17.0. The summed E-state index contributed by atoms with van der Waals surface area (Å²) in [4.78, 5) is 61.8. The number of carboxylic acids is 1. The van der Waals surface area contributed by atoms with Gasteiger partial charge in [0.25, 0.3) is 0 Å². The first kappa shape index (κ1) is 33.2. The van der Waals surface area contributed by atoms with Crippen molar-refractivity contribution in [3.63, 3.8) is 0 Å². The predicted molar refractivity (Wildman–Crippen MR) is 141 cm³/mol. The molecular weight excluding hydrogens is 584 g/mol. The monoisotopic (exact) mass is 616 g/mol. The number of hydrogen-bond donors (Lipinski definition) is 4. The van der Waals surface area contributed by atoms with Gasteiger partial charge >= 0.3 is 12.1 Å². The summed E-state index contributed by atoms with van der Waals surface area (Å²) in [5.74, 6) is -4.45. The number of nitrogens with zero attached hydrogens (tertiary/aromatic N) is 3. The van der Waals surface area contributed by atoms with Crippen LogP contribution in [0.1, 0.15) is 44.2 Å². The Labute approximate surface area is 242 Å². The number of rotatable bonds is 7. The number of nitrogens with two attached hydrogens (primary N) is 1. The Hall–Kier alpha value is -4.28. The van der Waals surface area contributed by atoms with E-state index in [-0.39, 0.29) is 36.6 Å². The molecule has 0 bridgehead atoms. The van der Waals surface area contributed by atoms with Gasteiger partial charge < -0.3 is 35.8 Å². The maximum atomic E-state index is 13.5. The molecule has 2 atom stereocenters. The average Bonchev–Trinajstić information content (AvgIpc) is 3.62. The fourth-order valence-electron chi connectivity index (χ4n) is 4.95. The number of nitrogens with one attached hydrogen (secondary N) is 2. The van der Waals surface area contributed by atoms with Crippen LogP contribution in [-0.2, 0) is 24.0 Å². The highest BCUT2D eigenvalue weighted by Gasteiger charge is 2.40. The SMILES string of the molecule is C[C@H](NC(=O)CNC(=O)CN)C(=O)N1CCC[C@H]1C(=O)N1CCC(c2noc3cc(F)ccc23)CC1.O=C(O)C(F)(F)F. The van der Waals surface area contributed by atoms with Crippen molar-refractivity contribution in [3.8, 4) is 0 Å². The molecule has 1 aromatic heterocycles. The van der Waals surface area contributed by atoms with E-state index >= 15 is 0 Å². The van der Waals surface area contributed by atoms with Crippen molar-refractivity contribution < 1.29 is 51.2 Å². The Morgan fingerprint density at radius 3 is 2.37 bits per heavy atom. The number of alkyl halides is 3. The summed E-state index contributed by atoms with van der Waals surface area (Å²) < 4.78 is 50.5. The van der Waals surface area contributed by atoms with Crippen molar-refractivity contribution in [2.24, 2.45) is 5.73 Å². The zero-order valence-electron chi connectivity index (χ0n) is 23.2. The molecule has 2 aromatic rings. The van der Waals surface area contributed by atoms with Gasteiger partial charge in [-0.05, 0) is 44.7 Å². The van der Waals surface area contributed by atoms with Gasteiger partial charge in [0, 0.05) is 37.0 Å². The summed E-state index contributed by atoms with van der Waals surface area (Å²) in [6.45, 7) is 2.53. The zero-order chi connectivity index (χ0) is 31.9. The second-order valence-corrected chi connectivity index (χ2v) is 10.1. The molecule has 43 heavy (non-hydrogen) atoms. The maximum absolute atomic E-state index is 13.5. The van der Waals surface area contributed by atoms with Gasteiger partial charge in [-0.2, -0.15) is 13.2 Å². The minimum Gasteiger partial charge on any atom is -0.475 e. The molecule has 0 aliphatic carbocycles. The highest BCUT2D eigenvalue weighted by molar-refractivity contribution is 5.93. The molecule has 3 heterocycles. The first-order valence-electron chi connectivity index (χ1n) is 13.4. The molecule has 0 saturated carbocycles. The first-order chi connectivity index (χ1) is 20.2. The predicted octanol–water partition coefficient (Wildman–Crippen LogP) is 0.877. The fourth-order valence-corrected chi connectivity index (χ4v) is 4.95. The number of piperidine rings is 1. The Bertz CT molecular complexity index is 1340. The van der Waals surface area contributed by atoms with E-state index in [1.54, 1.807) is 17.9 Å². The number of aliphatic carboxylic acids is 1. The lowest BCUT2D eigenvalue weighted by Gasteiger charge is -2.35. The lowest BCUT2D eigenvalue weighted by Crippen LogP contribution is -2.54. The van der Waals surface area contributed by atoms with Crippen LogP contribution in [0.5, 0.6) is 0 Å². The van der Waals surface area contributed by atoms with Crippen molar-refractivity contribution in [2.45, 2.75) is 56.8 Å². The van der Waals surface area contributed by atoms with E-state index < -0.39 is 36.0 Å². The van der Waals surface area contributed by atoms with Gasteiger partial charge in [0.2, 0.25) is 23.6 Å². The Morgan fingerprint density at radius 1 is 1.12 bits per heavy atom. The van der Waals surface area contributed by atoms with Crippen LogP contribution in [-0.4, -0.2) is 101 Å². The molecule has 2 saturated heterocycles. The Balaban J connectivity index is 0.000000646. The molecule has 13 nitrogen and oxygen atoms in total. The highest BCUT2D eigenvalue weighted by Crippen LogP contribution is 2.33. The van der Waals surface area contributed by atoms with E-state index in [0.29, 0.717) is 50.9 Å². The largest absolute Gasteiger partial charge is 0.490 e. The van der Waals surface area contributed by atoms with Crippen molar-refractivity contribution >= 4 is 40.6 Å². The second-order valence-electron chi connectivity index (χ2n) is 10.1. The number of carbonyl (C=O) groups excluding carboxylic acids is 4. The normalized spacial score (nSPS) is 18.0. The number of carboxylic acid groups (broad SMARTS) is 1. The third-order valence-electron chi connectivity index (χ3n) is 7.10. The smallest absolute Gasteiger partial charge is 0.475 e. The van der Waals surface area contributed by atoms with Gasteiger partial charge in [0.1, 0.15) is 17.9 Å². The third-order valence-corrected chi connectivity index (χ3v) is 7.10. The molecular formula is C26H32F4N6O7. The molecule has 2 fully saturated rings. The summed E-state index contributed by atoms with van der Waals surface area (Å²) in [5.41, 5.74) is 6.38. The van der Waals surface area contributed by atoms with Crippen LogP contribution in [0.2, 0.25) is 0 Å². The first-order valence-corrected chi connectivity index (χ1v) is 13.4. The number of halogens is 4. The van der Waals surface area contributed by atoms with Gasteiger partial charge in [0.15, 0.2) is 5.58 Å². The number of hydrogen-bond acceptors (Lipinski definition) is 8. The second kappa shape index (κ2) is 14.3. The van der Waals surface area contributed by atoms with E-state index in [2.05, 4.69) is 15.8 Å². The lowest BCUT2D eigenvalue weighted by atomic mass is 9.91. The topological polar surface area (TPSA) is 188 Å². The van der Waals surface area contributed by atoms with E-state index in [4.69, 9.17) is 20.2 Å². The quantitative estimate of drug-likeness (QED) is 0.328. The summed E-state index contributed by atoms with van der Waals surface area (Å²) >= 11 is 0. The van der Waals surface area contributed by atoms with Gasteiger partial charge in [-0.1, -0.05) is 5.16 Å². The maximum Gasteiger partial charge on any atom is 0.490 e. The van der Waals surface area contributed by atoms with E-state index in [1.807, 2.05) is 0 Å². The minimum absolute atomic E-state index is 0.0945. The van der Waals surface area contributed by atoms with E-state index in [9.17, 15) is 36.7 Å². The molecule has 17 heteroatoms. The lowest BCUT2D eigenvalue weighted by molar-refractivity contribution is -0.192. The number of fused-ring (bicyclic) bond motifs is 1. The summed E-state index contributed by atoms with van der Waals surface area (Å²) in [6.07, 6.45) is -2.44. The van der Waals surface area contributed by atoms with Gasteiger partial charge in [-0.15, -0.1) is 0 Å². The number of carbonyl (C=O) groups is 5. The molecule has 2 aliphatic rings. The number of aromatic nitrogens is 1. The van der Waals surface area contributed by atoms with Gasteiger partial charge in [-0.25, -0.2) is 9.18 Å². The number of amides is 4. The Morgan fingerprint density at radius 2 is 1.77 bits per heavy atom. The van der Waals surface area contributed by atoms with E-state index in [0.717, 1.165) is 11.1 Å². The van der Waals surface area contributed by atoms with Crippen molar-refractivity contribution in [1.29, 1.82) is 0 Å².